The number of carbonyl (C=O) groups excluding carboxylic acids is 6. The van der Waals surface area contributed by atoms with E-state index in [0.29, 0.717) is 44.9 Å². The molecule has 1 saturated carbocycles. The van der Waals surface area contributed by atoms with Gasteiger partial charge >= 0.3 is 11.9 Å². The number of unbranched alkanes of at least 4 members (excludes halogenated alkanes) is 2. The SMILES string of the molecule is CC.CN(OC(=O)CCCCCOC(=O)C1CCC(CN2C(=O)C=CC2=O)CC1)C(=O)CCC=O. The molecule has 1 aliphatic carbocycles. The lowest BCUT2D eigenvalue weighted by Gasteiger charge is -2.29. The van der Waals surface area contributed by atoms with Crippen molar-refractivity contribution in [3.05, 3.63) is 12.2 Å². The van der Waals surface area contributed by atoms with Gasteiger partial charge in [0.05, 0.1) is 12.5 Å². The highest BCUT2D eigenvalue weighted by atomic mass is 16.7. The molecule has 0 bridgehead atoms. The number of hydroxylamine groups is 2. The molecule has 0 atom stereocenters. The van der Waals surface area contributed by atoms with Gasteiger partial charge in [-0.2, -0.15) is 5.06 Å². The molecule has 10 heteroatoms. The fourth-order valence-corrected chi connectivity index (χ4v) is 3.88. The standard InChI is InChI=1S/C23H32N2O8.C2H6/c1-24(19(27)6-5-14-26)33-22(30)7-3-2-4-15-32-23(31)18-10-8-17(9-11-18)16-25-20(28)12-13-21(25)29;1-2/h12-14,17-18H,2-11,15-16H2,1H3;1-2H3. The maximum Gasteiger partial charge on any atom is 0.332 e. The zero-order chi connectivity index (χ0) is 26.2. The number of ether oxygens (including phenoxy) is 1. The van der Waals surface area contributed by atoms with Crippen molar-refractivity contribution in [1.29, 1.82) is 0 Å². The number of carbonyl (C=O) groups is 6. The lowest BCUT2D eigenvalue weighted by Crippen LogP contribution is -2.36. The Labute approximate surface area is 206 Å². The normalized spacial score (nSPS) is 19.0. The highest BCUT2D eigenvalue weighted by Gasteiger charge is 2.31. The second-order valence-corrected chi connectivity index (χ2v) is 8.38. The van der Waals surface area contributed by atoms with Crippen molar-refractivity contribution >= 4 is 35.9 Å². The summed E-state index contributed by atoms with van der Waals surface area (Å²) in [5.74, 6) is -1.69. The Morgan fingerprint density at radius 2 is 1.63 bits per heavy atom. The summed E-state index contributed by atoms with van der Waals surface area (Å²) in [5.41, 5.74) is 0. The molecule has 2 aliphatic rings. The van der Waals surface area contributed by atoms with Crippen molar-refractivity contribution in [3.63, 3.8) is 0 Å². The molecular formula is C25H38N2O8. The van der Waals surface area contributed by atoms with Crippen LogP contribution in [-0.4, -0.2) is 66.1 Å². The number of esters is 1. The van der Waals surface area contributed by atoms with Crippen LogP contribution in [0.3, 0.4) is 0 Å². The molecule has 0 saturated heterocycles. The largest absolute Gasteiger partial charge is 0.465 e. The van der Waals surface area contributed by atoms with Crippen molar-refractivity contribution in [2.75, 3.05) is 20.2 Å². The van der Waals surface area contributed by atoms with Gasteiger partial charge in [-0.1, -0.05) is 13.8 Å². The molecule has 196 valence electrons. The van der Waals surface area contributed by atoms with E-state index in [1.54, 1.807) is 0 Å². The van der Waals surface area contributed by atoms with Crippen molar-refractivity contribution < 1.29 is 38.3 Å². The molecule has 1 aliphatic heterocycles. The lowest BCUT2D eigenvalue weighted by molar-refractivity contribution is -0.192. The van der Waals surface area contributed by atoms with Crippen LogP contribution in [0, 0.1) is 11.8 Å². The zero-order valence-electron chi connectivity index (χ0n) is 21.0. The van der Waals surface area contributed by atoms with Crippen LogP contribution in [-0.2, 0) is 38.3 Å². The molecule has 0 N–H and O–H groups in total. The van der Waals surface area contributed by atoms with Gasteiger partial charge in [0, 0.05) is 45.0 Å². The van der Waals surface area contributed by atoms with Crippen LogP contribution in [0.25, 0.3) is 0 Å². The Kier molecular flexibility index (Phi) is 14.2. The Balaban J connectivity index is 0.00000298. The fraction of sp³-hybridized carbons (Fsp3) is 0.680. The monoisotopic (exact) mass is 494 g/mol. The van der Waals surface area contributed by atoms with Gasteiger partial charge in [-0.15, -0.1) is 0 Å². The molecule has 10 nitrogen and oxygen atoms in total. The van der Waals surface area contributed by atoms with Gasteiger partial charge in [0.25, 0.3) is 17.7 Å². The molecule has 1 heterocycles. The molecule has 0 aromatic carbocycles. The van der Waals surface area contributed by atoms with Gasteiger partial charge in [-0.05, 0) is 50.9 Å². The van der Waals surface area contributed by atoms with E-state index < -0.39 is 11.9 Å². The van der Waals surface area contributed by atoms with E-state index >= 15 is 0 Å². The number of aldehydes is 1. The third-order valence-electron chi connectivity index (χ3n) is 5.86. The average Bonchev–Trinajstić information content (AvgIpc) is 3.18. The first-order valence-corrected chi connectivity index (χ1v) is 12.4. The molecule has 2 rings (SSSR count). The second kappa shape index (κ2) is 16.6. The van der Waals surface area contributed by atoms with Crippen molar-refractivity contribution in [2.45, 2.75) is 78.1 Å². The Bertz CT molecular complexity index is 753. The number of hydrogen-bond donors (Lipinski definition) is 0. The number of amides is 3. The van der Waals surface area contributed by atoms with Crippen LogP contribution in [0.2, 0.25) is 0 Å². The van der Waals surface area contributed by atoms with E-state index in [1.807, 2.05) is 13.8 Å². The first kappa shape index (κ1) is 30.0. The van der Waals surface area contributed by atoms with Gasteiger partial charge in [0.15, 0.2) is 0 Å². The van der Waals surface area contributed by atoms with Crippen molar-refractivity contribution in [2.24, 2.45) is 11.8 Å². The minimum absolute atomic E-state index is 0.00439. The van der Waals surface area contributed by atoms with Gasteiger partial charge in [-0.3, -0.25) is 24.1 Å². The minimum Gasteiger partial charge on any atom is -0.465 e. The summed E-state index contributed by atoms with van der Waals surface area (Å²) in [5, 5.41) is 0.847. The molecular weight excluding hydrogens is 456 g/mol. The zero-order valence-corrected chi connectivity index (χ0v) is 21.0. The Morgan fingerprint density at radius 1 is 1.00 bits per heavy atom. The van der Waals surface area contributed by atoms with Crippen molar-refractivity contribution in [1.82, 2.24) is 9.96 Å². The average molecular weight is 495 g/mol. The quantitative estimate of drug-likeness (QED) is 0.133. The maximum atomic E-state index is 12.3. The maximum absolute atomic E-state index is 12.3. The van der Waals surface area contributed by atoms with Crippen LogP contribution in [0.5, 0.6) is 0 Å². The number of rotatable bonds is 12. The molecule has 3 amide bonds. The summed E-state index contributed by atoms with van der Waals surface area (Å²) < 4.78 is 5.36. The molecule has 0 unspecified atom stereocenters. The van der Waals surface area contributed by atoms with E-state index in [9.17, 15) is 28.8 Å². The molecule has 0 aromatic rings. The Hall–Kier alpha value is -3.04. The predicted molar refractivity (Wildman–Crippen MR) is 126 cm³/mol. The van der Waals surface area contributed by atoms with E-state index in [1.165, 1.54) is 24.1 Å². The third kappa shape index (κ3) is 10.8. The fourth-order valence-electron chi connectivity index (χ4n) is 3.88. The summed E-state index contributed by atoms with van der Waals surface area (Å²) in [6.45, 7) is 4.68. The number of nitrogens with zero attached hydrogens (tertiary/aromatic N) is 2. The molecule has 0 aromatic heterocycles. The lowest BCUT2D eigenvalue weighted by atomic mass is 9.82. The molecule has 0 radical (unpaired) electrons. The highest BCUT2D eigenvalue weighted by molar-refractivity contribution is 6.12. The van der Waals surface area contributed by atoms with Crippen LogP contribution < -0.4 is 0 Å². The highest BCUT2D eigenvalue weighted by Crippen LogP contribution is 2.30. The summed E-state index contributed by atoms with van der Waals surface area (Å²) in [4.78, 5) is 75.3. The van der Waals surface area contributed by atoms with Crippen LogP contribution in [0.1, 0.15) is 78.1 Å². The summed E-state index contributed by atoms with van der Waals surface area (Å²) in [6, 6.07) is 0. The second-order valence-electron chi connectivity index (χ2n) is 8.38. The van der Waals surface area contributed by atoms with Crippen LogP contribution in [0.4, 0.5) is 0 Å². The molecule has 0 spiro atoms. The minimum atomic E-state index is -0.529. The van der Waals surface area contributed by atoms with Gasteiger partial charge < -0.3 is 14.4 Å². The van der Waals surface area contributed by atoms with E-state index in [4.69, 9.17) is 9.57 Å². The summed E-state index contributed by atoms with van der Waals surface area (Å²) in [7, 11) is 1.33. The third-order valence-corrected chi connectivity index (χ3v) is 5.86. The van der Waals surface area contributed by atoms with Crippen molar-refractivity contribution in [3.8, 4) is 0 Å². The van der Waals surface area contributed by atoms with Gasteiger partial charge in [0.1, 0.15) is 6.29 Å². The predicted octanol–water partition coefficient (Wildman–Crippen LogP) is 2.74. The van der Waals surface area contributed by atoms with Gasteiger partial charge in [-0.25, -0.2) is 4.79 Å². The Morgan fingerprint density at radius 3 is 2.23 bits per heavy atom. The van der Waals surface area contributed by atoms with E-state index in [0.717, 1.165) is 17.9 Å². The number of imide groups is 1. The molecule has 35 heavy (non-hydrogen) atoms. The summed E-state index contributed by atoms with van der Waals surface area (Å²) in [6.07, 6.45) is 8.14. The van der Waals surface area contributed by atoms with Crippen LogP contribution in [0.15, 0.2) is 12.2 Å². The van der Waals surface area contributed by atoms with E-state index in [2.05, 4.69) is 0 Å². The topological polar surface area (TPSA) is 127 Å². The summed E-state index contributed by atoms with van der Waals surface area (Å²) >= 11 is 0. The molecule has 1 fully saturated rings. The first-order chi connectivity index (χ1) is 16.8. The van der Waals surface area contributed by atoms with E-state index in [-0.39, 0.29) is 55.5 Å². The first-order valence-electron chi connectivity index (χ1n) is 12.4. The smallest absolute Gasteiger partial charge is 0.332 e. The number of hydrogen-bond acceptors (Lipinski definition) is 8. The van der Waals surface area contributed by atoms with Crippen LogP contribution >= 0.6 is 0 Å². The van der Waals surface area contributed by atoms with Gasteiger partial charge in [0.2, 0.25) is 0 Å².